The van der Waals surface area contributed by atoms with Crippen molar-refractivity contribution >= 4 is 62.1 Å². The van der Waals surface area contributed by atoms with Crippen LogP contribution in [0.5, 0.6) is 0 Å². The van der Waals surface area contributed by atoms with E-state index >= 15 is 0 Å². The number of benzene rings is 3. The molecule has 4 aromatic rings. The van der Waals surface area contributed by atoms with Gasteiger partial charge in [0, 0.05) is 21.7 Å². The predicted octanol–water partition coefficient (Wildman–Crippen LogP) is 6.09. The lowest BCUT2D eigenvalue weighted by Gasteiger charge is -2.12. The molecule has 1 heterocycles. The van der Waals surface area contributed by atoms with Gasteiger partial charge in [-0.15, -0.1) is 11.3 Å². The fourth-order valence-electron chi connectivity index (χ4n) is 2.79. The zero-order chi connectivity index (χ0) is 19.7. The zero-order valence-electron chi connectivity index (χ0n) is 14.3. The van der Waals surface area contributed by atoms with Crippen LogP contribution in [0.3, 0.4) is 0 Å². The van der Waals surface area contributed by atoms with Gasteiger partial charge < -0.3 is 5.32 Å². The molecule has 1 aromatic heterocycles. The molecule has 0 aliphatic carbocycles. The van der Waals surface area contributed by atoms with Crippen molar-refractivity contribution in [3.05, 3.63) is 92.9 Å². The largest absolute Gasteiger partial charge is 0.321 e. The first-order valence-electron chi connectivity index (χ1n) is 8.26. The van der Waals surface area contributed by atoms with Crippen molar-refractivity contribution in [3.63, 3.8) is 0 Å². The number of anilines is 1. The van der Waals surface area contributed by atoms with Crippen LogP contribution in [-0.2, 0) is 0 Å². The van der Waals surface area contributed by atoms with Crippen LogP contribution in [0.25, 0.3) is 10.2 Å². The first-order valence-corrected chi connectivity index (χ1v) is 9.90. The Morgan fingerprint density at radius 3 is 2.57 bits per heavy atom. The summed E-state index contributed by atoms with van der Waals surface area (Å²) in [5.41, 5.74) is 4.02. The molecule has 0 bridgehead atoms. The van der Waals surface area contributed by atoms with E-state index in [-0.39, 0.29) is 17.3 Å². The van der Waals surface area contributed by atoms with Gasteiger partial charge in [0.15, 0.2) is 5.78 Å². The summed E-state index contributed by atoms with van der Waals surface area (Å²) in [5.74, 6) is -0.646. The normalized spacial score (nSPS) is 10.8. The van der Waals surface area contributed by atoms with Gasteiger partial charge in [0.2, 0.25) is 0 Å². The second-order valence-corrected chi connectivity index (χ2v) is 7.72. The molecule has 0 atom stereocenters. The molecule has 0 spiro atoms. The van der Waals surface area contributed by atoms with Crippen molar-refractivity contribution in [1.82, 2.24) is 4.98 Å². The average Bonchev–Trinajstić information content (AvgIpc) is 3.17. The van der Waals surface area contributed by atoms with Gasteiger partial charge in [0.1, 0.15) is 0 Å². The number of fused-ring (bicyclic) bond motifs is 1. The van der Waals surface area contributed by atoms with E-state index in [1.807, 2.05) is 0 Å². The van der Waals surface area contributed by atoms with Crippen molar-refractivity contribution in [1.29, 1.82) is 0 Å². The Morgan fingerprint density at radius 2 is 1.75 bits per heavy atom. The summed E-state index contributed by atoms with van der Waals surface area (Å²) in [5, 5.41) is 3.53. The highest BCUT2D eigenvalue weighted by Gasteiger charge is 2.19. The number of aromatic nitrogens is 1. The summed E-state index contributed by atoms with van der Waals surface area (Å²) in [4.78, 5) is 29.9. The van der Waals surface area contributed by atoms with E-state index in [4.69, 9.17) is 23.2 Å². The standard InChI is InChI=1S/C21H12Cl2N2O2S/c22-13-6-8-17(15(10-13)20(26)14-3-1-2-4-16(14)23)25-21(27)12-5-7-18-19(9-12)28-11-24-18/h1-11H,(H,25,27). The van der Waals surface area contributed by atoms with E-state index in [0.29, 0.717) is 26.9 Å². The summed E-state index contributed by atoms with van der Waals surface area (Å²) < 4.78 is 0.913. The minimum Gasteiger partial charge on any atom is -0.321 e. The number of amides is 1. The molecule has 4 nitrogen and oxygen atoms in total. The lowest BCUT2D eigenvalue weighted by atomic mass is 10.0. The van der Waals surface area contributed by atoms with Crippen molar-refractivity contribution in [2.45, 2.75) is 0 Å². The third-order valence-electron chi connectivity index (χ3n) is 4.19. The van der Waals surface area contributed by atoms with Crippen LogP contribution in [0.15, 0.2) is 66.2 Å². The summed E-state index contributed by atoms with van der Waals surface area (Å²) in [7, 11) is 0. The molecule has 0 saturated carbocycles. The van der Waals surface area contributed by atoms with Gasteiger partial charge in [-0.25, -0.2) is 4.98 Å². The molecular formula is C21H12Cl2N2O2S. The SMILES string of the molecule is O=C(Nc1ccc(Cl)cc1C(=O)c1ccccc1Cl)c1ccc2ncsc2c1. The first kappa shape index (κ1) is 18.6. The van der Waals surface area contributed by atoms with Gasteiger partial charge in [0.05, 0.1) is 26.4 Å². The maximum Gasteiger partial charge on any atom is 0.255 e. The Morgan fingerprint density at radius 1 is 0.929 bits per heavy atom. The van der Waals surface area contributed by atoms with Gasteiger partial charge in [-0.2, -0.15) is 0 Å². The van der Waals surface area contributed by atoms with Gasteiger partial charge in [0.25, 0.3) is 5.91 Å². The van der Waals surface area contributed by atoms with Crippen LogP contribution in [0, 0.1) is 0 Å². The molecule has 138 valence electrons. The lowest BCUT2D eigenvalue weighted by molar-refractivity contribution is 0.102. The van der Waals surface area contributed by atoms with Crippen LogP contribution in [0.1, 0.15) is 26.3 Å². The summed E-state index contributed by atoms with van der Waals surface area (Å²) in [6.45, 7) is 0. The molecule has 4 rings (SSSR count). The Hall–Kier alpha value is -2.73. The Kier molecular flexibility index (Phi) is 5.13. The summed E-state index contributed by atoms with van der Waals surface area (Å²) in [6, 6.07) is 16.8. The lowest BCUT2D eigenvalue weighted by Crippen LogP contribution is -2.15. The fraction of sp³-hybridized carbons (Fsp3) is 0. The van der Waals surface area contributed by atoms with E-state index in [9.17, 15) is 9.59 Å². The molecule has 3 aromatic carbocycles. The molecule has 28 heavy (non-hydrogen) atoms. The van der Waals surface area contributed by atoms with E-state index in [1.165, 1.54) is 17.4 Å². The van der Waals surface area contributed by atoms with Gasteiger partial charge in [-0.05, 0) is 48.5 Å². The number of thiazole rings is 1. The number of halogens is 2. The number of ketones is 1. The monoisotopic (exact) mass is 426 g/mol. The topological polar surface area (TPSA) is 59.1 Å². The van der Waals surface area contributed by atoms with Gasteiger partial charge >= 0.3 is 0 Å². The van der Waals surface area contributed by atoms with Crippen LogP contribution in [-0.4, -0.2) is 16.7 Å². The molecule has 0 radical (unpaired) electrons. The second kappa shape index (κ2) is 7.72. The number of hydrogen-bond acceptors (Lipinski definition) is 4. The van der Waals surface area contributed by atoms with Crippen molar-refractivity contribution in [3.8, 4) is 0 Å². The highest BCUT2D eigenvalue weighted by atomic mass is 35.5. The number of nitrogens with one attached hydrogen (secondary N) is 1. The quantitative estimate of drug-likeness (QED) is 0.401. The zero-order valence-corrected chi connectivity index (χ0v) is 16.6. The van der Waals surface area contributed by atoms with Crippen LogP contribution < -0.4 is 5.32 Å². The third kappa shape index (κ3) is 3.64. The highest BCUT2D eigenvalue weighted by molar-refractivity contribution is 7.16. The fourth-order valence-corrected chi connectivity index (χ4v) is 3.90. The maximum atomic E-state index is 13.0. The van der Waals surface area contributed by atoms with Crippen molar-refractivity contribution in [2.24, 2.45) is 0 Å². The Bertz CT molecular complexity index is 1220. The van der Waals surface area contributed by atoms with Crippen LogP contribution in [0.2, 0.25) is 10.0 Å². The second-order valence-electron chi connectivity index (χ2n) is 5.99. The van der Waals surface area contributed by atoms with Crippen molar-refractivity contribution < 1.29 is 9.59 Å². The minimum atomic E-state index is -0.328. The highest BCUT2D eigenvalue weighted by Crippen LogP contribution is 2.27. The Labute approximate surface area is 174 Å². The smallest absolute Gasteiger partial charge is 0.255 e. The minimum absolute atomic E-state index is 0.271. The molecule has 1 N–H and O–H groups in total. The molecule has 0 aliphatic heterocycles. The van der Waals surface area contributed by atoms with Gasteiger partial charge in [-0.1, -0.05) is 35.3 Å². The van der Waals surface area contributed by atoms with E-state index in [0.717, 1.165) is 10.2 Å². The number of nitrogens with zero attached hydrogens (tertiary/aromatic N) is 1. The number of rotatable bonds is 4. The number of carbonyl (C=O) groups is 2. The molecule has 0 saturated heterocycles. The predicted molar refractivity (Wildman–Crippen MR) is 114 cm³/mol. The van der Waals surface area contributed by atoms with Crippen molar-refractivity contribution in [2.75, 3.05) is 5.32 Å². The first-order chi connectivity index (χ1) is 13.5. The van der Waals surface area contributed by atoms with Crippen LogP contribution >= 0.6 is 34.5 Å². The average molecular weight is 427 g/mol. The molecular weight excluding hydrogens is 415 g/mol. The van der Waals surface area contributed by atoms with E-state index in [1.54, 1.807) is 60.1 Å². The van der Waals surface area contributed by atoms with E-state index in [2.05, 4.69) is 10.3 Å². The van der Waals surface area contributed by atoms with Crippen LogP contribution in [0.4, 0.5) is 5.69 Å². The van der Waals surface area contributed by atoms with Gasteiger partial charge in [-0.3, -0.25) is 9.59 Å². The summed E-state index contributed by atoms with van der Waals surface area (Å²) in [6.07, 6.45) is 0. The molecule has 7 heteroatoms. The maximum absolute atomic E-state index is 13.0. The summed E-state index contributed by atoms with van der Waals surface area (Å²) >= 11 is 13.7. The third-order valence-corrected chi connectivity index (χ3v) is 5.54. The molecule has 1 amide bonds. The molecule has 0 unspecified atom stereocenters. The van der Waals surface area contributed by atoms with E-state index < -0.39 is 0 Å². The number of hydrogen-bond donors (Lipinski definition) is 1. The molecule has 0 fully saturated rings. The number of carbonyl (C=O) groups excluding carboxylic acids is 2. The Balaban J connectivity index is 1.69. The molecule has 0 aliphatic rings.